The van der Waals surface area contributed by atoms with Gasteiger partial charge in [0.1, 0.15) is 12.1 Å². The number of alkyl halides is 3. The van der Waals surface area contributed by atoms with Crippen LogP contribution in [0.2, 0.25) is 0 Å². The Kier molecular flexibility index (Phi) is 7.49. The molecule has 214 valence electrons. The number of aryl methyl sites for hydroxylation is 1. The molecule has 10 nitrogen and oxygen atoms in total. The van der Waals surface area contributed by atoms with E-state index < -0.39 is 18.6 Å². The van der Waals surface area contributed by atoms with E-state index in [2.05, 4.69) is 15.2 Å². The molecule has 4 heterocycles. The molecule has 0 spiro atoms. The number of hydrogen-bond donors (Lipinski definition) is 2. The summed E-state index contributed by atoms with van der Waals surface area (Å²) in [5, 5.41) is 8.89. The number of primary amides is 1. The number of aromatic nitrogens is 6. The molecular weight excluding hydrogens is 549 g/mol. The lowest BCUT2D eigenvalue weighted by Crippen LogP contribution is -2.22. The summed E-state index contributed by atoms with van der Waals surface area (Å²) in [6, 6.07) is 18.3. The minimum atomic E-state index is -4.36. The van der Waals surface area contributed by atoms with Gasteiger partial charge in [-0.2, -0.15) is 18.3 Å². The Bertz CT molecular complexity index is 1960. The number of carbonyl (C=O) groups is 1. The summed E-state index contributed by atoms with van der Waals surface area (Å²) in [5.41, 5.74) is 13.6. The van der Waals surface area contributed by atoms with Crippen LogP contribution in [0.1, 0.15) is 23.0 Å². The highest BCUT2D eigenvalue weighted by molar-refractivity contribution is 6.03. The smallest absolute Gasteiger partial charge is 0.381 e. The first-order chi connectivity index (χ1) is 20.1. The standard InChI is InChI=1S/C22H18F3N3O.C7H7N5O/c1-2-17-11-15-7-6-10-19(16-12-26-27(13-16)14-22(23,24)25)20(15)21(29)28(17)18-8-4-3-5-9-18;8-5-4(6(9)13)7-10-2-1-3-12(7)11-5/h3-13H,2,14H2,1H3;1-3H,(H2,8,11)(H2,9,13). The van der Waals surface area contributed by atoms with E-state index in [1.165, 1.54) is 16.9 Å². The minimum absolute atomic E-state index is 0.103. The molecule has 6 rings (SSSR count). The Morgan fingerprint density at radius 1 is 1.05 bits per heavy atom. The second kappa shape index (κ2) is 11.2. The van der Waals surface area contributed by atoms with Crippen molar-refractivity contribution in [1.29, 1.82) is 0 Å². The van der Waals surface area contributed by atoms with Crippen molar-refractivity contribution >= 4 is 28.1 Å². The van der Waals surface area contributed by atoms with Gasteiger partial charge in [-0.3, -0.25) is 18.8 Å². The summed E-state index contributed by atoms with van der Waals surface area (Å²) in [7, 11) is 0. The number of carbonyl (C=O) groups excluding carboxylic acids is 1. The third-order valence-electron chi connectivity index (χ3n) is 6.45. The fourth-order valence-corrected chi connectivity index (χ4v) is 4.69. The van der Waals surface area contributed by atoms with E-state index in [0.717, 1.165) is 21.4 Å². The first kappa shape index (κ1) is 28.1. The third kappa shape index (κ3) is 5.57. The van der Waals surface area contributed by atoms with Crippen LogP contribution in [0.3, 0.4) is 0 Å². The minimum Gasteiger partial charge on any atom is -0.381 e. The number of fused-ring (bicyclic) bond motifs is 2. The Morgan fingerprint density at radius 2 is 1.81 bits per heavy atom. The van der Waals surface area contributed by atoms with Crippen molar-refractivity contribution in [3.63, 3.8) is 0 Å². The van der Waals surface area contributed by atoms with Crippen LogP contribution in [0.15, 0.2) is 90.2 Å². The molecule has 6 aromatic rings. The molecule has 4 aromatic heterocycles. The Morgan fingerprint density at radius 3 is 2.50 bits per heavy atom. The van der Waals surface area contributed by atoms with Crippen LogP contribution in [0.25, 0.3) is 33.2 Å². The molecule has 0 saturated heterocycles. The van der Waals surface area contributed by atoms with E-state index in [1.54, 1.807) is 35.2 Å². The monoisotopic (exact) mass is 574 g/mol. The van der Waals surface area contributed by atoms with E-state index in [9.17, 15) is 22.8 Å². The van der Waals surface area contributed by atoms with E-state index in [-0.39, 0.29) is 16.9 Å². The molecule has 1 amide bonds. The van der Waals surface area contributed by atoms with Gasteiger partial charge in [0, 0.05) is 35.5 Å². The maximum Gasteiger partial charge on any atom is 0.408 e. The Balaban J connectivity index is 0.000000226. The summed E-state index contributed by atoms with van der Waals surface area (Å²) < 4.78 is 41.9. The van der Waals surface area contributed by atoms with Crippen molar-refractivity contribution in [3.8, 4) is 16.8 Å². The highest BCUT2D eigenvalue weighted by Gasteiger charge is 2.28. The van der Waals surface area contributed by atoms with Gasteiger partial charge >= 0.3 is 6.18 Å². The normalized spacial score (nSPS) is 11.4. The van der Waals surface area contributed by atoms with Gasteiger partial charge in [0.2, 0.25) is 0 Å². The Labute approximate surface area is 236 Å². The first-order valence-electron chi connectivity index (χ1n) is 12.8. The summed E-state index contributed by atoms with van der Waals surface area (Å²) in [6.07, 6.45) is 2.17. The highest BCUT2D eigenvalue weighted by atomic mass is 19.4. The van der Waals surface area contributed by atoms with Crippen molar-refractivity contribution in [3.05, 3.63) is 107 Å². The molecule has 0 bridgehead atoms. The zero-order chi connectivity index (χ0) is 30.0. The van der Waals surface area contributed by atoms with Gasteiger partial charge in [-0.1, -0.05) is 43.3 Å². The van der Waals surface area contributed by atoms with Gasteiger partial charge in [0.15, 0.2) is 11.5 Å². The number of rotatable bonds is 5. The van der Waals surface area contributed by atoms with Gasteiger partial charge in [-0.25, -0.2) is 9.50 Å². The lowest BCUT2D eigenvalue weighted by atomic mass is 10.0. The highest BCUT2D eigenvalue weighted by Crippen LogP contribution is 2.28. The second-order valence-corrected chi connectivity index (χ2v) is 9.29. The van der Waals surface area contributed by atoms with Crippen LogP contribution in [0.5, 0.6) is 0 Å². The predicted octanol–water partition coefficient (Wildman–Crippen LogP) is 4.39. The number of pyridine rings is 1. The molecule has 0 unspecified atom stereocenters. The molecular formula is C29H25F3N8O2. The largest absolute Gasteiger partial charge is 0.408 e. The maximum atomic E-state index is 13.5. The van der Waals surface area contributed by atoms with Gasteiger partial charge < -0.3 is 11.5 Å². The number of nitrogen functional groups attached to an aromatic ring is 1. The van der Waals surface area contributed by atoms with Crippen molar-refractivity contribution in [2.45, 2.75) is 26.1 Å². The van der Waals surface area contributed by atoms with Crippen LogP contribution in [-0.4, -0.2) is 41.0 Å². The average Bonchev–Trinajstić information content (AvgIpc) is 3.55. The predicted molar refractivity (Wildman–Crippen MR) is 152 cm³/mol. The lowest BCUT2D eigenvalue weighted by molar-refractivity contribution is -0.142. The van der Waals surface area contributed by atoms with E-state index in [1.807, 2.05) is 49.4 Å². The van der Waals surface area contributed by atoms with Gasteiger partial charge in [0.25, 0.3) is 11.5 Å². The summed E-state index contributed by atoms with van der Waals surface area (Å²) in [5.74, 6) is -0.516. The number of nitrogens with two attached hydrogens (primary N) is 2. The fourth-order valence-electron chi connectivity index (χ4n) is 4.69. The quantitative estimate of drug-likeness (QED) is 0.313. The zero-order valence-electron chi connectivity index (χ0n) is 22.3. The molecule has 2 aromatic carbocycles. The van der Waals surface area contributed by atoms with Gasteiger partial charge in [0.05, 0.1) is 11.6 Å². The van der Waals surface area contributed by atoms with Crippen molar-refractivity contribution < 1.29 is 18.0 Å². The van der Waals surface area contributed by atoms with E-state index in [0.29, 0.717) is 28.6 Å². The van der Waals surface area contributed by atoms with Crippen LogP contribution in [0.4, 0.5) is 19.0 Å². The summed E-state index contributed by atoms with van der Waals surface area (Å²) >= 11 is 0. The summed E-state index contributed by atoms with van der Waals surface area (Å²) in [4.78, 5) is 28.4. The van der Waals surface area contributed by atoms with Crippen molar-refractivity contribution in [2.75, 3.05) is 5.73 Å². The van der Waals surface area contributed by atoms with Crippen molar-refractivity contribution in [2.24, 2.45) is 5.73 Å². The van der Waals surface area contributed by atoms with Crippen LogP contribution in [0, 0.1) is 0 Å². The van der Waals surface area contributed by atoms with E-state index in [4.69, 9.17) is 11.5 Å². The number of anilines is 1. The van der Waals surface area contributed by atoms with Gasteiger partial charge in [-0.15, -0.1) is 5.10 Å². The number of para-hydroxylation sites is 1. The molecule has 0 saturated carbocycles. The molecule has 0 radical (unpaired) electrons. The first-order valence-corrected chi connectivity index (χ1v) is 12.8. The number of halogens is 3. The van der Waals surface area contributed by atoms with E-state index >= 15 is 0 Å². The number of benzene rings is 2. The SMILES string of the molecule is CCc1cc2cccc(-c3cnn(CC(F)(F)F)c3)c2c(=O)n1-c1ccccc1.NC(=O)c1c(N)nn2cccnc12. The number of hydrogen-bond acceptors (Lipinski definition) is 6. The molecule has 4 N–H and O–H groups in total. The zero-order valence-corrected chi connectivity index (χ0v) is 22.3. The average molecular weight is 575 g/mol. The third-order valence-corrected chi connectivity index (χ3v) is 6.45. The molecule has 0 aliphatic carbocycles. The topological polar surface area (TPSA) is 139 Å². The Hall–Kier alpha value is -5.46. The molecule has 0 aliphatic rings. The van der Waals surface area contributed by atoms with Crippen LogP contribution < -0.4 is 17.0 Å². The number of nitrogens with zero attached hydrogens (tertiary/aromatic N) is 6. The van der Waals surface area contributed by atoms with Crippen LogP contribution in [-0.2, 0) is 13.0 Å². The molecule has 13 heteroatoms. The van der Waals surface area contributed by atoms with Gasteiger partial charge in [-0.05, 0) is 41.6 Å². The molecule has 0 aliphatic heterocycles. The molecule has 0 atom stereocenters. The van der Waals surface area contributed by atoms with Crippen LogP contribution >= 0.6 is 0 Å². The second-order valence-electron chi connectivity index (χ2n) is 9.29. The maximum absolute atomic E-state index is 13.5. The fraction of sp³-hybridized carbons (Fsp3) is 0.138. The summed E-state index contributed by atoms with van der Waals surface area (Å²) in [6.45, 7) is 0.803. The van der Waals surface area contributed by atoms with Crippen molar-refractivity contribution in [1.82, 2.24) is 28.9 Å². The lowest BCUT2D eigenvalue weighted by Gasteiger charge is -2.15. The number of amides is 1. The molecule has 0 fully saturated rings. The molecule has 42 heavy (non-hydrogen) atoms.